The number of anilines is 1. The van der Waals surface area contributed by atoms with E-state index in [9.17, 15) is 19.3 Å². The van der Waals surface area contributed by atoms with Gasteiger partial charge in [0.2, 0.25) is 0 Å². The first-order valence-corrected chi connectivity index (χ1v) is 5.85. The van der Waals surface area contributed by atoms with E-state index in [0.717, 1.165) is 6.07 Å². The van der Waals surface area contributed by atoms with E-state index in [1.165, 1.54) is 0 Å². The van der Waals surface area contributed by atoms with Crippen LogP contribution < -0.4 is 5.32 Å². The Hall–Kier alpha value is -2.22. The first kappa shape index (κ1) is 15.8. The highest BCUT2D eigenvalue weighted by Gasteiger charge is 2.23. The van der Waals surface area contributed by atoms with Crippen molar-refractivity contribution in [2.75, 3.05) is 26.0 Å². The number of hydrogen-bond acceptors (Lipinski definition) is 5. The van der Waals surface area contributed by atoms with Gasteiger partial charge < -0.3 is 15.3 Å². The van der Waals surface area contributed by atoms with Gasteiger partial charge in [-0.05, 0) is 27.1 Å². The van der Waals surface area contributed by atoms with E-state index < -0.39 is 28.0 Å². The number of nitrogens with zero attached hydrogens (tertiary/aromatic N) is 2. The Morgan fingerprint density at radius 1 is 1.55 bits per heavy atom. The molecule has 0 heterocycles. The number of nitro groups is 1. The van der Waals surface area contributed by atoms with E-state index in [1.54, 1.807) is 6.92 Å². The number of carboxylic acid groups (broad SMARTS) is 1. The second-order valence-corrected chi connectivity index (χ2v) is 4.72. The van der Waals surface area contributed by atoms with Gasteiger partial charge in [0.05, 0.1) is 16.7 Å². The molecule has 8 heteroatoms. The van der Waals surface area contributed by atoms with Crippen molar-refractivity contribution in [2.24, 2.45) is 0 Å². The first-order valence-electron chi connectivity index (χ1n) is 5.85. The molecule has 0 radical (unpaired) electrons. The van der Waals surface area contributed by atoms with Crippen LogP contribution in [-0.4, -0.2) is 47.6 Å². The SMILES string of the molecule is CC(CN(C)C)Nc1cc(C(=O)O)c([N+](=O)[O-])cc1F. The number of hydrogen-bond donors (Lipinski definition) is 2. The Balaban J connectivity index is 3.13. The standard InChI is InChI=1S/C12H16FN3O4/c1-7(6-15(2)3)14-10-4-8(12(17)18)11(16(19)20)5-9(10)13/h4-5,7,14H,6H2,1-3H3,(H,17,18). The molecule has 0 aliphatic carbocycles. The fourth-order valence-corrected chi connectivity index (χ4v) is 1.85. The molecule has 0 saturated carbocycles. The Morgan fingerprint density at radius 3 is 2.60 bits per heavy atom. The van der Waals surface area contributed by atoms with Gasteiger partial charge in [0.25, 0.3) is 5.69 Å². The minimum absolute atomic E-state index is 0.0673. The second-order valence-electron chi connectivity index (χ2n) is 4.72. The van der Waals surface area contributed by atoms with Crippen LogP contribution in [0.4, 0.5) is 15.8 Å². The second kappa shape index (κ2) is 6.29. The highest BCUT2D eigenvalue weighted by molar-refractivity contribution is 5.93. The number of likely N-dealkylation sites (N-methyl/N-ethyl adjacent to an activating group) is 1. The molecule has 7 nitrogen and oxygen atoms in total. The summed E-state index contributed by atoms with van der Waals surface area (Å²) in [6.07, 6.45) is 0. The van der Waals surface area contributed by atoms with Crippen LogP contribution in [0, 0.1) is 15.9 Å². The van der Waals surface area contributed by atoms with E-state index in [0.29, 0.717) is 12.6 Å². The fraction of sp³-hybridized carbons (Fsp3) is 0.417. The lowest BCUT2D eigenvalue weighted by atomic mass is 10.1. The normalized spacial score (nSPS) is 12.2. The molecule has 0 spiro atoms. The predicted molar refractivity (Wildman–Crippen MR) is 71.7 cm³/mol. The van der Waals surface area contributed by atoms with Gasteiger partial charge in [0.1, 0.15) is 5.56 Å². The Bertz CT molecular complexity index is 534. The van der Waals surface area contributed by atoms with Crippen LogP contribution in [-0.2, 0) is 0 Å². The zero-order chi connectivity index (χ0) is 15.4. The molecule has 0 aliphatic rings. The number of nitrogens with one attached hydrogen (secondary N) is 1. The van der Waals surface area contributed by atoms with Gasteiger partial charge in [-0.2, -0.15) is 0 Å². The maximum absolute atomic E-state index is 13.8. The molecular formula is C12H16FN3O4. The molecule has 1 aromatic rings. The van der Waals surface area contributed by atoms with Gasteiger partial charge >= 0.3 is 5.97 Å². The van der Waals surface area contributed by atoms with Gasteiger partial charge in [-0.1, -0.05) is 0 Å². The fourth-order valence-electron chi connectivity index (χ4n) is 1.85. The van der Waals surface area contributed by atoms with Crippen molar-refractivity contribution in [1.29, 1.82) is 0 Å². The first-order chi connectivity index (χ1) is 9.22. The summed E-state index contributed by atoms with van der Waals surface area (Å²) in [5.74, 6) is -2.33. The molecule has 0 saturated heterocycles. The van der Waals surface area contributed by atoms with Gasteiger partial charge in [0, 0.05) is 12.6 Å². The number of benzene rings is 1. The molecule has 1 unspecified atom stereocenters. The average Bonchev–Trinajstić information content (AvgIpc) is 2.29. The molecule has 110 valence electrons. The number of halogens is 1. The van der Waals surface area contributed by atoms with Crippen LogP contribution in [0.1, 0.15) is 17.3 Å². The van der Waals surface area contributed by atoms with Crippen molar-refractivity contribution in [3.05, 3.63) is 33.6 Å². The molecule has 2 N–H and O–H groups in total. The summed E-state index contributed by atoms with van der Waals surface area (Å²) in [4.78, 5) is 22.7. The smallest absolute Gasteiger partial charge is 0.342 e. The molecule has 1 atom stereocenters. The van der Waals surface area contributed by atoms with Gasteiger partial charge in [0.15, 0.2) is 5.82 Å². The van der Waals surface area contributed by atoms with Crippen molar-refractivity contribution in [2.45, 2.75) is 13.0 Å². The van der Waals surface area contributed by atoms with E-state index in [2.05, 4.69) is 5.32 Å². The molecule has 0 fully saturated rings. The Morgan fingerprint density at radius 2 is 2.15 bits per heavy atom. The summed E-state index contributed by atoms with van der Waals surface area (Å²) < 4.78 is 13.8. The Labute approximate surface area is 115 Å². The predicted octanol–water partition coefficient (Wildman–Crippen LogP) is 1.79. The average molecular weight is 285 g/mol. The topological polar surface area (TPSA) is 95.7 Å². The van der Waals surface area contributed by atoms with E-state index in [-0.39, 0.29) is 11.7 Å². The zero-order valence-corrected chi connectivity index (χ0v) is 11.4. The summed E-state index contributed by atoms with van der Waals surface area (Å²) >= 11 is 0. The van der Waals surface area contributed by atoms with Crippen LogP contribution in [0.3, 0.4) is 0 Å². The summed E-state index contributed by atoms with van der Waals surface area (Å²) in [6.45, 7) is 2.39. The minimum Gasteiger partial charge on any atom is -0.477 e. The molecule has 0 aliphatic heterocycles. The minimum atomic E-state index is -1.47. The third-order valence-electron chi connectivity index (χ3n) is 2.55. The molecule has 0 bridgehead atoms. The lowest BCUT2D eigenvalue weighted by Gasteiger charge is -2.20. The monoisotopic (exact) mass is 285 g/mol. The van der Waals surface area contributed by atoms with Gasteiger partial charge in [-0.3, -0.25) is 10.1 Å². The van der Waals surface area contributed by atoms with Crippen LogP contribution in [0.5, 0.6) is 0 Å². The van der Waals surface area contributed by atoms with Crippen molar-refractivity contribution in [3.63, 3.8) is 0 Å². The lowest BCUT2D eigenvalue weighted by Crippen LogP contribution is -2.30. The maximum Gasteiger partial charge on any atom is 0.342 e. The molecule has 0 aromatic heterocycles. The lowest BCUT2D eigenvalue weighted by molar-refractivity contribution is -0.385. The van der Waals surface area contributed by atoms with E-state index in [1.807, 2.05) is 19.0 Å². The van der Waals surface area contributed by atoms with Gasteiger partial charge in [-0.15, -0.1) is 0 Å². The third-order valence-corrected chi connectivity index (χ3v) is 2.55. The maximum atomic E-state index is 13.8. The van der Waals surface area contributed by atoms with Crippen LogP contribution in [0.25, 0.3) is 0 Å². The quantitative estimate of drug-likeness (QED) is 0.611. The largest absolute Gasteiger partial charge is 0.477 e. The summed E-state index contributed by atoms with van der Waals surface area (Å²) in [7, 11) is 3.68. The van der Waals surface area contributed by atoms with Crippen LogP contribution >= 0.6 is 0 Å². The van der Waals surface area contributed by atoms with Crippen molar-refractivity contribution < 1.29 is 19.2 Å². The number of carboxylic acids is 1. The molecule has 1 rings (SSSR count). The molecule has 0 amide bonds. The van der Waals surface area contributed by atoms with E-state index >= 15 is 0 Å². The Kier molecular flexibility index (Phi) is 4.98. The molecular weight excluding hydrogens is 269 g/mol. The third kappa shape index (κ3) is 3.89. The van der Waals surface area contributed by atoms with E-state index in [4.69, 9.17) is 5.11 Å². The number of nitro benzene ring substituents is 1. The molecule has 1 aromatic carbocycles. The van der Waals surface area contributed by atoms with Crippen molar-refractivity contribution >= 4 is 17.3 Å². The number of aromatic carboxylic acids is 1. The number of carbonyl (C=O) groups is 1. The zero-order valence-electron chi connectivity index (χ0n) is 11.4. The molecule has 20 heavy (non-hydrogen) atoms. The highest BCUT2D eigenvalue weighted by atomic mass is 19.1. The summed E-state index contributed by atoms with van der Waals surface area (Å²) in [6, 6.07) is 1.42. The van der Waals surface area contributed by atoms with Crippen molar-refractivity contribution in [1.82, 2.24) is 4.90 Å². The van der Waals surface area contributed by atoms with Crippen molar-refractivity contribution in [3.8, 4) is 0 Å². The summed E-state index contributed by atoms with van der Waals surface area (Å²) in [5, 5.41) is 22.5. The van der Waals surface area contributed by atoms with Gasteiger partial charge in [-0.25, -0.2) is 9.18 Å². The summed E-state index contributed by atoms with van der Waals surface area (Å²) in [5.41, 5.74) is -1.38. The highest BCUT2D eigenvalue weighted by Crippen LogP contribution is 2.26. The number of rotatable bonds is 6. The van der Waals surface area contributed by atoms with Crippen LogP contribution in [0.2, 0.25) is 0 Å². The van der Waals surface area contributed by atoms with Crippen LogP contribution in [0.15, 0.2) is 12.1 Å².